The Hall–Kier alpha value is -2.69. The van der Waals surface area contributed by atoms with Crippen molar-refractivity contribution in [2.45, 2.75) is 6.92 Å². The van der Waals surface area contributed by atoms with Crippen LogP contribution in [-0.4, -0.2) is 16.1 Å². The van der Waals surface area contributed by atoms with Crippen LogP contribution in [-0.2, 0) is 4.79 Å². The second-order valence-electron chi connectivity index (χ2n) is 4.11. The number of pyridine rings is 1. The highest BCUT2D eigenvalue weighted by molar-refractivity contribution is 5.85. The fourth-order valence-electron chi connectivity index (χ4n) is 1.57. The van der Waals surface area contributed by atoms with Crippen LogP contribution in [0.2, 0.25) is 0 Å². The van der Waals surface area contributed by atoms with Crippen molar-refractivity contribution in [1.82, 2.24) is 4.98 Å². The Kier molecular flexibility index (Phi) is 4.10. The summed E-state index contributed by atoms with van der Waals surface area (Å²) in [5, 5.41) is 8.63. The number of nitrogens with zero attached hydrogens (tertiary/aromatic N) is 1. The molecule has 0 saturated carbocycles. The van der Waals surface area contributed by atoms with Crippen LogP contribution in [0.25, 0.3) is 6.08 Å². The zero-order valence-electron chi connectivity index (χ0n) is 10.7. The summed E-state index contributed by atoms with van der Waals surface area (Å²) in [4.78, 5) is 14.5. The van der Waals surface area contributed by atoms with Crippen LogP contribution in [0.5, 0.6) is 11.6 Å². The third kappa shape index (κ3) is 3.41. The molecule has 0 fully saturated rings. The van der Waals surface area contributed by atoms with Crippen molar-refractivity contribution < 1.29 is 19.0 Å². The van der Waals surface area contributed by atoms with Crippen LogP contribution in [0.4, 0.5) is 4.39 Å². The standard InChI is InChI=1S/C15H12FNO3/c1-10-4-6-12(16)13(9-10)20-15-11(3-2-8-17-15)5-7-14(18)19/h2-9H,1H3,(H,18,19)/b7-5+. The summed E-state index contributed by atoms with van der Waals surface area (Å²) in [6.07, 6.45) is 3.80. The molecule has 1 aromatic heterocycles. The Balaban J connectivity index is 2.34. The zero-order chi connectivity index (χ0) is 14.5. The fourth-order valence-corrected chi connectivity index (χ4v) is 1.57. The maximum absolute atomic E-state index is 13.6. The van der Waals surface area contributed by atoms with E-state index in [9.17, 15) is 9.18 Å². The van der Waals surface area contributed by atoms with Gasteiger partial charge in [0, 0.05) is 17.8 Å². The van der Waals surface area contributed by atoms with Gasteiger partial charge in [-0.1, -0.05) is 6.07 Å². The molecule has 0 aliphatic carbocycles. The highest BCUT2D eigenvalue weighted by Crippen LogP contribution is 2.27. The van der Waals surface area contributed by atoms with Crippen LogP contribution in [0.3, 0.4) is 0 Å². The molecule has 0 spiro atoms. The van der Waals surface area contributed by atoms with Gasteiger partial charge in [-0.15, -0.1) is 0 Å². The van der Waals surface area contributed by atoms with Crippen LogP contribution >= 0.6 is 0 Å². The van der Waals surface area contributed by atoms with Gasteiger partial charge in [-0.05, 0) is 42.8 Å². The number of carboxylic acid groups (broad SMARTS) is 1. The Bertz CT molecular complexity index is 668. The highest BCUT2D eigenvalue weighted by Gasteiger charge is 2.08. The third-order valence-corrected chi connectivity index (χ3v) is 2.50. The number of hydrogen-bond donors (Lipinski definition) is 1. The van der Waals surface area contributed by atoms with Crippen molar-refractivity contribution in [2.24, 2.45) is 0 Å². The summed E-state index contributed by atoms with van der Waals surface area (Å²) in [6, 6.07) is 7.76. The quantitative estimate of drug-likeness (QED) is 0.867. The number of ether oxygens (including phenoxy) is 1. The van der Waals surface area contributed by atoms with Gasteiger partial charge in [0.15, 0.2) is 11.6 Å². The van der Waals surface area contributed by atoms with Gasteiger partial charge in [0.05, 0.1) is 0 Å². The minimum atomic E-state index is -1.08. The molecule has 1 aromatic carbocycles. The number of aromatic nitrogens is 1. The Morgan fingerprint density at radius 1 is 1.40 bits per heavy atom. The van der Waals surface area contributed by atoms with E-state index in [1.165, 1.54) is 18.3 Å². The number of hydrogen-bond acceptors (Lipinski definition) is 3. The van der Waals surface area contributed by atoms with Gasteiger partial charge in [-0.2, -0.15) is 0 Å². The second-order valence-corrected chi connectivity index (χ2v) is 4.11. The number of aliphatic carboxylic acids is 1. The van der Waals surface area contributed by atoms with E-state index in [2.05, 4.69) is 4.98 Å². The average molecular weight is 273 g/mol. The van der Waals surface area contributed by atoms with Crippen LogP contribution < -0.4 is 4.74 Å². The lowest BCUT2D eigenvalue weighted by Crippen LogP contribution is -1.94. The van der Waals surface area contributed by atoms with Gasteiger partial charge < -0.3 is 9.84 Å². The SMILES string of the molecule is Cc1ccc(F)c(Oc2ncccc2/C=C/C(=O)O)c1. The lowest BCUT2D eigenvalue weighted by atomic mass is 10.2. The van der Waals surface area contributed by atoms with E-state index in [4.69, 9.17) is 9.84 Å². The predicted octanol–water partition coefficient (Wildman–Crippen LogP) is 3.42. The van der Waals surface area contributed by atoms with Gasteiger partial charge in [-0.25, -0.2) is 14.2 Å². The highest BCUT2D eigenvalue weighted by atomic mass is 19.1. The van der Waals surface area contributed by atoms with Crippen molar-refractivity contribution in [3.05, 3.63) is 59.5 Å². The predicted molar refractivity (Wildman–Crippen MR) is 72.1 cm³/mol. The van der Waals surface area contributed by atoms with E-state index < -0.39 is 11.8 Å². The van der Waals surface area contributed by atoms with Crippen molar-refractivity contribution in [3.8, 4) is 11.6 Å². The first-order valence-electron chi connectivity index (χ1n) is 5.86. The first kappa shape index (κ1) is 13.7. The van der Waals surface area contributed by atoms with E-state index in [1.54, 1.807) is 24.3 Å². The lowest BCUT2D eigenvalue weighted by Gasteiger charge is -2.08. The van der Waals surface area contributed by atoms with Crippen molar-refractivity contribution in [2.75, 3.05) is 0 Å². The number of carboxylic acids is 1. The van der Waals surface area contributed by atoms with E-state index in [0.717, 1.165) is 11.6 Å². The Labute approximate surface area is 115 Å². The molecular weight excluding hydrogens is 261 g/mol. The number of carbonyl (C=O) groups is 1. The minimum Gasteiger partial charge on any atom is -0.478 e. The molecule has 0 aliphatic heterocycles. The zero-order valence-corrected chi connectivity index (χ0v) is 10.7. The molecule has 1 N–H and O–H groups in total. The number of rotatable bonds is 4. The number of aryl methyl sites for hydroxylation is 1. The summed E-state index contributed by atoms with van der Waals surface area (Å²) in [5.74, 6) is -1.39. The van der Waals surface area contributed by atoms with Gasteiger partial charge in [0.2, 0.25) is 5.88 Å². The smallest absolute Gasteiger partial charge is 0.328 e. The van der Waals surface area contributed by atoms with E-state index in [0.29, 0.717) is 5.56 Å². The van der Waals surface area contributed by atoms with Crippen LogP contribution in [0.15, 0.2) is 42.6 Å². The van der Waals surface area contributed by atoms with Gasteiger partial charge in [0.1, 0.15) is 0 Å². The van der Waals surface area contributed by atoms with Crippen LogP contribution in [0, 0.1) is 12.7 Å². The van der Waals surface area contributed by atoms with Gasteiger partial charge in [-0.3, -0.25) is 0 Å². The molecule has 5 heteroatoms. The third-order valence-electron chi connectivity index (χ3n) is 2.50. The number of halogens is 1. The maximum atomic E-state index is 13.6. The molecule has 2 rings (SSSR count). The summed E-state index contributed by atoms with van der Waals surface area (Å²) in [5.41, 5.74) is 1.30. The lowest BCUT2D eigenvalue weighted by molar-refractivity contribution is -0.131. The molecule has 0 aliphatic rings. The van der Waals surface area contributed by atoms with E-state index in [1.807, 2.05) is 6.92 Å². The first-order chi connectivity index (χ1) is 9.56. The number of benzene rings is 1. The molecule has 0 bridgehead atoms. The summed E-state index contributed by atoms with van der Waals surface area (Å²) in [6.45, 7) is 1.82. The molecule has 0 amide bonds. The van der Waals surface area contributed by atoms with Gasteiger partial charge in [0.25, 0.3) is 0 Å². The van der Waals surface area contributed by atoms with Gasteiger partial charge >= 0.3 is 5.97 Å². The molecule has 2 aromatic rings. The molecule has 20 heavy (non-hydrogen) atoms. The average Bonchev–Trinajstić information content (AvgIpc) is 2.42. The molecule has 0 radical (unpaired) electrons. The maximum Gasteiger partial charge on any atom is 0.328 e. The first-order valence-corrected chi connectivity index (χ1v) is 5.86. The van der Waals surface area contributed by atoms with Crippen LogP contribution in [0.1, 0.15) is 11.1 Å². The summed E-state index contributed by atoms with van der Waals surface area (Å²) in [7, 11) is 0. The Morgan fingerprint density at radius 3 is 2.95 bits per heavy atom. The molecular formula is C15H12FNO3. The molecule has 1 heterocycles. The van der Waals surface area contributed by atoms with Crippen molar-refractivity contribution >= 4 is 12.0 Å². The fraction of sp³-hybridized carbons (Fsp3) is 0.0667. The van der Waals surface area contributed by atoms with Crippen molar-refractivity contribution in [3.63, 3.8) is 0 Å². The summed E-state index contributed by atoms with van der Waals surface area (Å²) < 4.78 is 19.1. The molecule has 0 atom stereocenters. The van der Waals surface area contributed by atoms with E-state index >= 15 is 0 Å². The molecule has 4 nitrogen and oxygen atoms in total. The monoisotopic (exact) mass is 273 g/mol. The normalized spacial score (nSPS) is 10.7. The molecule has 102 valence electrons. The molecule has 0 saturated heterocycles. The minimum absolute atomic E-state index is 0.0497. The topological polar surface area (TPSA) is 59.4 Å². The second kappa shape index (κ2) is 5.97. The summed E-state index contributed by atoms with van der Waals surface area (Å²) >= 11 is 0. The Morgan fingerprint density at radius 2 is 2.20 bits per heavy atom. The van der Waals surface area contributed by atoms with Crippen molar-refractivity contribution in [1.29, 1.82) is 0 Å². The molecule has 0 unspecified atom stereocenters. The van der Waals surface area contributed by atoms with E-state index in [-0.39, 0.29) is 11.6 Å². The largest absolute Gasteiger partial charge is 0.478 e.